The van der Waals surface area contributed by atoms with Crippen LogP contribution in [-0.2, 0) is 0 Å². The molecule has 2 aromatic carbocycles. The van der Waals surface area contributed by atoms with Crippen molar-refractivity contribution in [3.63, 3.8) is 0 Å². The van der Waals surface area contributed by atoms with Crippen molar-refractivity contribution in [2.24, 2.45) is 0 Å². The fourth-order valence-electron chi connectivity index (χ4n) is 1.88. The Morgan fingerprint density at radius 2 is 1.96 bits per heavy atom. The van der Waals surface area contributed by atoms with Gasteiger partial charge in [-0.25, -0.2) is 4.79 Å². The fraction of sp³-hybridized carbons (Fsp3) is 0.133. The lowest BCUT2D eigenvalue weighted by atomic mass is 10.2. The van der Waals surface area contributed by atoms with Gasteiger partial charge in [0.1, 0.15) is 0 Å². The number of methoxy groups -OCH3 is 1. The average molecular weight is 334 g/mol. The number of aromatic carboxylic acids is 1. The van der Waals surface area contributed by atoms with Gasteiger partial charge in [-0.3, -0.25) is 10.1 Å². The van der Waals surface area contributed by atoms with E-state index in [-0.39, 0.29) is 17.0 Å². The predicted octanol–water partition coefficient (Wildman–Crippen LogP) is 2.30. The lowest BCUT2D eigenvalue weighted by Gasteiger charge is -2.01. The summed E-state index contributed by atoms with van der Waals surface area (Å²) in [6, 6.07) is 8.80. The molecular weight excluding hydrogens is 320 g/mol. The normalized spacial score (nSPS) is 11.2. The molecule has 0 amide bonds. The third-order valence-corrected chi connectivity index (χ3v) is 3.02. The first-order valence-electron chi connectivity index (χ1n) is 6.63. The minimum atomic E-state index is -1.21. The number of hydrogen-bond donors (Lipinski definition) is 2. The first-order valence-corrected chi connectivity index (χ1v) is 6.63. The molecule has 9 heteroatoms. The molecule has 0 aliphatic carbocycles. The lowest BCUT2D eigenvalue weighted by molar-refractivity contribution is -0.385. The average Bonchev–Trinajstić information content (AvgIpc) is 3.02. The molecule has 3 rings (SSSR count). The number of carboxylic acid groups (broad SMARTS) is 1. The number of fused-ring (bicyclic) bond motifs is 1. The summed E-state index contributed by atoms with van der Waals surface area (Å²) in [4.78, 5) is 20.3. The highest BCUT2D eigenvalue weighted by Crippen LogP contribution is 2.33. The number of hydrogen-bond acceptors (Lipinski definition) is 7. The SMILES string of the molecule is COc1ccc(C(=O)O)cc1[N+](=O)[O-].Nc1ccc2c(c1)OCO2. The molecule has 0 fully saturated rings. The van der Waals surface area contributed by atoms with Crippen molar-refractivity contribution < 1.29 is 29.0 Å². The number of nitrogen functional groups attached to an aromatic ring is 1. The van der Waals surface area contributed by atoms with Crippen LogP contribution in [0.15, 0.2) is 36.4 Å². The van der Waals surface area contributed by atoms with Gasteiger partial charge in [0, 0.05) is 17.8 Å². The van der Waals surface area contributed by atoms with Crippen molar-refractivity contribution in [3.8, 4) is 17.2 Å². The van der Waals surface area contributed by atoms with Gasteiger partial charge in [-0.1, -0.05) is 0 Å². The summed E-state index contributed by atoms with van der Waals surface area (Å²) < 4.78 is 14.9. The van der Waals surface area contributed by atoms with Crippen LogP contribution < -0.4 is 19.9 Å². The number of benzene rings is 2. The number of rotatable bonds is 3. The van der Waals surface area contributed by atoms with E-state index in [1.54, 1.807) is 18.2 Å². The molecule has 0 unspecified atom stereocenters. The van der Waals surface area contributed by atoms with E-state index in [1.807, 2.05) is 0 Å². The number of nitro benzene ring substituents is 1. The van der Waals surface area contributed by atoms with Crippen LogP contribution in [-0.4, -0.2) is 29.9 Å². The van der Waals surface area contributed by atoms with Crippen LogP contribution >= 0.6 is 0 Å². The Bertz CT molecular complexity index is 776. The molecule has 0 saturated carbocycles. The molecule has 9 nitrogen and oxygen atoms in total. The number of nitro groups is 1. The maximum atomic E-state index is 10.5. The highest BCUT2D eigenvalue weighted by atomic mass is 16.7. The maximum Gasteiger partial charge on any atom is 0.335 e. The van der Waals surface area contributed by atoms with Gasteiger partial charge in [0.25, 0.3) is 0 Å². The number of ether oxygens (including phenoxy) is 3. The summed E-state index contributed by atoms with van der Waals surface area (Å²) >= 11 is 0. The van der Waals surface area contributed by atoms with E-state index >= 15 is 0 Å². The Labute approximate surface area is 136 Å². The molecule has 0 bridgehead atoms. The molecule has 1 aliphatic rings. The molecule has 0 saturated heterocycles. The molecule has 1 heterocycles. The zero-order chi connectivity index (χ0) is 17.7. The van der Waals surface area contributed by atoms with Crippen molar-refractivity contribution in [1.82, 2.24) is 0 Å². The van der Waals surface area contributed by atoms with E-state index in [9.17, 15) is 14.9 Å². The minimum Gasteiger partial charge on any atom is -0.490 e. The summed E-state index contributed by atoms with van der Waals surface area (Å²) in [6.45, 7) is 0.304. The number of anilines is 1. The van der Waals surface area contributed by atoms with E-state index in [0.717, 1.165) is 17.6 Å². The van der Waals surface area contributed by atoms with Gasteiger partial charge in [0.2, 0.25) is 6.79 Å². The van der Waals surface area contributed by atoms with Crippen LogP contribution in [0.5, 0.6) is 17.2 Å². The van der Waals surface area contributed by atoms with Crippen molar-refractivity contribution in [1.29, 1.82) is 0 Å². The van der Waals surface area contributed by atoms with Crippen LogP contribution in [0.4, 0.5) is 11.4 Å². The maximum absolute atomic E-state index is 10.5. The molecule has 126 valence electrons. The Morgan fingerprint density at radius 3 is 2.58 bits per heavy atom. The third kappa shape index (κ3) is 3.83. The van der Waals surface area contributed by atoms with E-state index in [1.165, 1.54) is 19.2 Å². The van der Waals surface area contributed by atoms with Gasteiger partial charge in [-0.2, -0.15) is 0 Å². The molecule has 0 spiro atoms. The molecule has 3 N–H and O–H groups in total. The van der Waals surface area contributed by atoms with Gasteiger partial charge < -0.3 is 25.1 Å². The van der Waals surface area contributed by atoms with Crippen molar-refractivity contribution in [2.45, 2.75) is 0 Å². The second-order valence-electron chi connectivity index (χ2n) is 4.56. The number of carbonyl (C=O) groups is 1. The van der Waals surface area contributed by atoms with Crippen LogP contribution in [0, 0.1) is 10.1 Å². The quantitative estimate of drug-likeness (QED) is 0.496. The van der Waals surface area contributed by atoms with Gasteiger partial charge in [0.15, 0.2) is 17.2 Å². The Hall–Kier alpha value is -3.49. The number of carboxylic acids is 1. The van der Waals surface area contributed by atoms with E-state index in [0.29, 0.717) is 12.5 Å². The largest absolute Gasteiger partial charge is 0.490 e. The van der Waals surface area contributed by atoms with E-state index < -0.39 is 10.9 Å². The zero-order valence-corrected chi connectivity index (χ0v) is 12.6. The second-order valence-corrected chi connectivity index (χ2v) is 4.56. The number of nitrogens with two attached hydrogens (primary N) is 1. The van der Waals surface area contributed by atoms with Crippen molar-refractivity contribution in [3.05, 3.63) is 52.1 Å². The summed E-state index contributed by atoms with van der Waals surface area (Å²) in [5.41, 5.74) is 5.70. The van der Waals surface area contributed by atoms with E-state index in [2.05, 4.69) is 0 Å². The van der Waals surface area contributed by atoms with Gasteiger partial charge >= 0.3 is 11.7 Å². The Morgan fingerprint density at radius 1 is 1.25 bits per heavy atom. The Kier molecular flexibility index (Phi) is 5.05. The topological polar surface area (TPSA) is 134 Å². The minimum absolute atomic E-state index is 0.0417. The van der Waals surface area contributed by atoms with Gasteiger partial charge in [-0.05, 0) is 24.3 Å². The summed E-state index contributed by atoms with van der Waals surface area (Å²) in [5, 5.41) is 19.1. The van der Waals surface area contributed by atoms with Crippen molar-refractivity contribution in [2.75, 3.05) is 19.6 Å². The second kappa shape index (κ2) is 7.18. The fourth-order valence-corrected chi connectivity index (χ4v) is 1.88. The molecular formula is C15H14N2O7. The lowest BCUT2D eigenvalue weighted by Crippen LogP contribution is -1.99. The molecule has 0 atom stereocenters. The van der Waals surface area contributed by atoms with Crippen LogP contribution in [0.3, 0.4) is 0 Å². The molecule has 1 aliphatic heterocycles. The van der Waals surface area contributed by atoms with E-state index in [4.69, 9.17) is 25.1 Å². The number of nitrogens with zero attached hydrogens (tertiary/aromatic N) is 1. The monoisotopic (exact) mass is 334 g/mol. The summed E-state index contributed by atoms with van der Waals surface area (Å²) in [5.74, 6) is 0.338. The standard InChI is InChI=1S/C8H7NO5.C7H7NO2/c1-14-7-3-2-5(8(10)11)4-6(7)9(12)13;8-5-1-2-6-7(3-5)10-4-9-6/h2-4H,1H3,(H,10,11);1-3H,4,8H2. The zero-order valence-electron chi connectivity index (χ0n) is 12.6. The smallest absolute Gasteiger partial charge is 0.335 e. The first kappa shape index (κ1) is 16.9. The highest BCUT2D eigenvalue weighted by molar-refractivity contribution is 5.88. The van der Waals surface area contributed by atoms with Crippen LogP contribution in [0.2, 0.25) is 0 Å². The van der Waals surface area contributed by atoms with Gasteiger partial charge in [0.05, 0.1) is 17.6 Å². The Balaban J connectivity index is 0.000000182. The third-order valence-electron chi connectivity index (χ3n) is 3.02. The molecule has 0 aromatic heterocycles. The summed E-state index contributed by atoms with van der Waals surface area (Å²) in [6.07, 6.45) is 0. The van der Waals surface area contributed by atoms with Gasteiger partial charge in [-0.15, -0.1) is 0 Å². The predicted molar refractivity (Wildman–Crippen MR) is 83.6 cm³/mol. The molecule has 24 heavy (non-hydrogen) atoms. The van der Waals surface area contributed by atoms with Crippen molar-refractivity contribution >= 4 is 17.3 Å². The van der Waals surface area contributed by atoms with Crippen LogP contribution in [0.25, 0.3) is 0 Å². The molecule has 2 aromatic rings. The first-order chi connectivity index (χ1) is 11.4. The summed E-state index contributed by atoms with van der Waals surface area (Å²) in [7, 11) is 1.28. The van der Waals surface area contributed by atoms with Crippen LogP contribution in [0.1, 0.15) is 10.4 Å². The highest BCUT2D eigenvalue weighted by Gasteiger charge is 2.17. The molecule has 0 radical (unpaired) electrons.